The Morgan fingerprint density at radius 1 is 1.25 bits per heavy atom. The van der Waals surface area contributed by atoms with Crippen molar-refractivity contribution in [3.05, 3.63) is 76.1 Å². The second-order valence-corrected chi connectivity index (χ2v) is 8.29. The molecular weight excluding hydrogens is 422 g/mol. The summed E-state index contributed by atoms with van der Waals surface area (Å²) in [6, 6.07) is 20.1. The fraction of sp³-hybridized carbons (Fsp3) is 0.174. The maximum Gasteiger partial charge on any atom is 0.249 e. The molecule has 2 heterocycles. The molecule has 2 aromatic carbocycles. The molecular formula is C23H23N7OS. The van der Waals surface area contributed by atoms with E-state index < -0.39 is 0 Å². The van der Waals surface area contributed by atoms with Crippen LogP contribution in [0, 0.1) is 11.3 Å². The van der Waals surface area contributed by atoms with E-state index in [4.69, 9.17) is 11.7 Å². The first-order valence-electron chi connectivity index (χ1n) is 10.1. The highest BCUT2D eigenvalue weighted by atomic mass is 32.2. The number of para-hydroxylation sites is 1. The molecule has 1 aliphatic rings. The minimum Gasteiger partial charge on any atom is -0.341 e. The van der Waals surface area contributed by atoms with Crippen molar-refractivity contribution in [3.63, 3.8) is 0 Å². The molecule has 0 radical (unpaired) electrons. The van der Waals surface area contributed by atoms with Gasteiger partial charge in [0.1, 0.15) is 11.9 Å². The molecule has 32 heavy (non-hydrogen) atoms. The Bertz CT molecular complexity index is 1260. The zero-order valence-electron chi connectivity index (χ0n) is 17.3. The fourth-order valence-corrected chi connectivity index (χ4v) is 4.79. The first kappa shape index (κ1) is 21.5. The number of aryl methyl sites for hydroxylation is 1. The lowest BCUT2D eigenvalue weighted by atomic mass is 9.98. The number of nitrogens with two attached hydrogens (primary N) is 2. The Morgan fingerprint density at radius 3 is 2.88 bits per heavy atom. The summed E-state index contributed by atoms with van der Waals surface area (Å²) in [7, 11) is 0. The smallest absolute Gasteiger partial charge is 0.249 e. The van der Waals surface area contributed by atoms with Crippen LogP contribution in [0.25, 0.3) is 11.1 Å². The van der Waals surface area contributed by atoms with Crippen LogP contribution in [0.1, 0.15) is 17.5 Å². The van der Waals surface area contributed by atoms with Crippen molar-refractivity contribution in [3.8, 4) is 17.2 Å². The minimum atomic E-state index is -0.290. The van der Waals surface area contributed by atoms with Gasteiger partial charge in [0.2, 0.25) is 5.56 Å². The van der Waals surface area contributed by atoms with Gasteiger partial charge in [-0.2, -0.15) is 10.4 Å². The van der Waals surface area contributed by atoms with Gasteiger partial charge in [0, 0.05) is 29.5 Å². The van der Waals surface area contributed by atoms with Gasteiger partial charge in [0.15, 0.2) is 0 Å². The van der Waals surface area contributed by atoms with E-state index in [-0.39, 0.29) is 11.3 Å². The van der Waals surface area contributed by atoms with E-state index in [2.05, 4.69) is 50.7 Å². The third-order valence-corrected chi connectivity index (χ3v) is 6.39. The Balaban J connectivity index is 1.74. The maximum atomic E-state index is 12.4. The monoisotopic (exact) mass is 445 g/mol. The number of hydrazone groups is 1. The zero-order chi connectivity index (χ0) is 22.5. The topological polar surface area (TPSA) is 136 Å². The van der Waals surface area contributed by atoms with Crippen LogP contribution in [0.4, 0.5) is 11.4 Å². The van der Waals surface area contributed by atoms with Crippen LogP contribution in [0.5, 0.6) is 0 Å². The number of hydrogen-bond donors (Lipinski definition) is 4. The molecule has 0 aliphatic carbocycles. The summed E-state index contributed by atoms with van der Waals surface area (Å²) >= 11 is 1.23. The summed E-state index contributed by atoms with van der Waals surface area (Å²) in [4.78, 5) is 17.4. The molecule has 0 saturated heterocycles. The van der Waals surface area contributed by atoms with Gasteiger partial charge in [0.25, 0.3) is 0 Å². The number of benzene rings is 2. The van der Waals surface area contributed by atoms with Crippen molar-refractivity contribution in [1.29, 1.82) is 5.26 Å². The van der Waals surface area contributed by atoms with Crippen molar-refractivity contribution in [1.82, 2.24) is 10.4 Å². The average molecular weight is 446 g/mol. The number of hydrazine groups is 1. The molecule has 6 N–H and O–H groups in total. The van der Waals surface area contributed by atoms with Crippen LogP contribution >= 0.6 is 11.8 Å². The van der Waals surface area contributed by atoms with Crippen molar-refractivity contribution >= 4 is 29.0 Å². The lowest BCUT2D eigenvalue weighted by Gasteiger charge is -2.31. The van der Waals surface area contributed by atoms with Gasteiger partial charge >= 0.3 is 0 Å². The molecule has 0 amide bonds. The van der Waals surface area contributed by atoms with Gasteiger partial charge in [-0.15, -0.1) is 0 Å². The van der Waals surface area contributed by atoms with Gasteiger partial charge < -0.3 is 21.2 Å². The molecule has 0 atom stereocenters. The summed E-state index contributed by atoms with van der Waals surface area (Å²) in [5, 5.41) is 13.9. The first-order valence-corrected chi connectivity index (χ1v) is 11.1. The van der Waals surface area contributed by atoms with Crippen LogP contribution in [-0.4, -0.2) is 23.1 Å². The predicted octanol–water partition coefficient (Wildman–Crippen LogP) is 2.83. The highest BCUT2D eigenvalue weighted by molar-refractivity contribution is 8.00. The summed E-state index contributed by atoms with van der Waals surface area (Å²) in [6.07, 6.45) is 2.13. The largest absolute Gasteiger partial charge is 0.341 e. The molecule has 0 bridgehead atoms. The number of amidine groups is 1. The number of rotatable bonds is 5. The number of pyridine rings is 1. The SMILES string of the molecule is N#Cc1c(-c2cccc(N3CCCc4ccccc43)c2)cc(=O)[nH]c1SC/C(=N/N)NN. The highest BCUT2D eigenvalue weighted by Crippen LogP contribution is 2.36. The van der Waals surface area contributed by atoms with Gasteiger partial charge in [0.05, 0.1) is 16.3 Å². The lowest BCUT2D eigenvalue weighted by molar-refractivity contribution is 0.767. The van der Waals surface area contributed by atoms with Crippen LogP contribution in [0.2, 0.25) is 0 Å². The number of fused-ring (bicyclic) bond motifs is 1. The summed E-state index contributed by atoms with van der Waals surface area (Å²) in [5.74, 6) is 11.3. The third-order valence-electron chi connectivity index (χ3n) is 5.38. The molecule has 1 aliphatic heterocycles. The number of aromatic nitrogens is 1. The van der Waals surface area contributed by atoms with Gasteiger partial charge in [-0.25, -0.2) is 5.84 Å². The molecule has 4 rings (SSSR count). The Labute approximate surface area is 189 Å². The van der Waals surface area contributed by atoms with E-state index in [1.165, 1.54) is 29.1 Å². The lowest BCUT2D eigenvalue weighted by Crippen LogP contribution is -2.33. The highest BCUT2D eigenvalue weighted by Gasteiger charge is 2.19. The standard InChI is InChI=1S/C23H23N7OS/c24-13-19-18(12-22(31)27-23(19)32-14-21(28-25)29-26)16-6-3-8-17(11-16)30-10-4-7-15-5-1-2-9-20(15)30/h1-3,5-6,8-9,11-12H,4,7,10,14,25-26H2,(H,27,31)(H,28,29). The summed E-state index contributed by atoms with van der Waals surface area (Å²) in [5.41, 5.74) is 7.42. The Kier molecular flexibility index (Phi) is 6.44. The van der Waals surface area contributed by atoms with E-state index >= 15 is 0 Å². The minimum absolute atomic E-state index is 0.283. The first-order chi connectivity index (χ1) is 15.6. The summed E-state index contributed by atoms with van der Waals surface area (Å²) in [6.45, 7) is 0.912. The Hall–Kier alpha value is -3.74. The predicted molar refractivity (Wildman–Crippen MR) is 129 cm³/mol. The summed E-state index contributed by atoms with van der Waals surface area (Å²) < 4.78 is 0. The quantitative estimate of drug-likeness (QED) is 0.156. The van der Waals surface area contributed by atoms with Gasteiger partial charge in [-0.1, -0.05) is 42.1 Å². The van der Waals surface area contributed by atoms with E-state index in [0.29, 0.717) is 22.0 Å². The van der Waals surface area contributed by atoms with E-state index in [1.54, 1.807) is 0 Å². The van der Waals surface area contributed by atoms with Crippen molar-refractivity contribution in [2.24, 2.45) is 16.8 Å². The molecule has 0 fully saturated rings. The number of H-pyrrole nitrogens is 1. The number of nitrogens with zero attached hydrogens (tertiary/aromatic N) is 3. The number of anilines is 2. The second kappa shape index (κ2) is 9.60. The van der Waals surface area contributed by atoms with E-state index in [0.717, 1.165) is 30.6 Å². The molecule has 0 spiro atoms. The third kappa shape index (κ3) is 4.32. The normalized spacial score (nSPS) is 13.4. The molecule has 9 heteroatoms. The maximum absolute atomic E-state index is 12.4. The molecule has 3 aromatic rings. The molecule has 8 nitrogen and oxygen atoms in total. The van der Waals surface area contributed by atoms with E-state index in [1.807, 2.05) is 24.3 Å². The second-order valence-electron chi connectivity index (χ2n) is 7.31. The fourth-order valence-electron chi connectivity index (χ4n) is 3.88. The number of nitrogens with one attached hydrogen (secondary N) is 2. The van der Waals surface area contributed by atoms with Crippen LogP contribution < -0.4 is 27.6 Å². The zero-order valence-corrected chi connectivity index (χ0v) is 18.2. The number of aromatic amines is 1. The van der Waals surface area contributed by atoms with Gasteiger partial charge in [-0.3, -0.25) is 4.79 Å². The van der Waals surface area contributed by atoms with Crippen LogP contribution in [0.3, 0.4) is 0 Å². The van der Waals surface area contributed by atoms with Crippen molar-refractivity contribution in [2.45, 2.75) is 17.9 Å². The molecule has 162 valence electrons. The van der Waals surface area contributed by atoms with Crippen LogP contribution in [-0.2, 0) is 6.42 Å². The molecule has 1 aromatic heterocycles. The van der Waals surface area contributed by atoms with E-state index in [9.17, 15) is 10.1 Å². The van der Waals surface area contributed by atoms with Crippen molar-refractivity contribution < 1.29 is 0 Å². The van der Waals surface area contributed by atoms with Crippen molar-refractivity contribution in [2.75, 3.05) is 17.2 Å². The molecule has 0 saturated carbocycles. The average Bonchev–Trinajstić information content (AvgIpc) is 2.84. The van der Waals surface area contributed by atoms with Crippen LogP contribution in [0.15, 0.2) is 69.5 Å². The number of nitriles is 1. The number of thioether (sulfide) groups is 1. The Morgan fingerprint density at radius 2 is 2.09 bits per heavy atom. The number of hydrogen-bond acceptors (Lipinski definition) is 7. The van der Waals surface area contributed by atoms with Gasteiger partial charge in [-0.05, 0) is 42.2 Å². The molecule has 0 unspecified atom stereocenters.